The van der Waals surface area contributed by atoms with Gasteiger partial charge in [0, 0.05) is 48.0 Å². The van der Waals surface area contributed by atoms with Crippen molar-refractivity contribution in [2.45, 2.75) is 44.2 Å². The molecular weight excluding hydrogens is 403 g/mol. The molecule has 3 heterocycles. The maximum atomic E-state index is 13.4. The highest BCUT2D eigenvalue weighted by molar-refractivity contribution is 7.09. The summed E-state index contributed by atoms with van der Waals surface area (Å²) >= 11 is 1.67. The summed E-state index contributed by atoms with van der Waals surface area (Å²) in [6, 6.07) is 10.2. The highest BCUT2D eigenvalue weighted by Gasteiger charge is 2.38. The predicted octanol–water partition coefficient (Wildman–Crippen LogP) is 3.36. The normalized spacial score (nSPS) is 18.4. The van der Waals surface area contributed by atoms with Crippen molar-refractivity contribution in [1.29, 1.82) is 0 Å². The van der Waals surface area contributed by atoms with Gasteiger partial charge in [-0.2, -0.15) is 5.10 Å². The van der Waals surface area contributed by atoms with Crippen LogP contribution < -0.4 is 10.6 Å². The summed E-state index contributed by atoms with van der Waals surface area (Å²) in [5, 5.41) is 12.3. The Bertz CT molecular complexity index is 1030. The number of hydrogen-bond donors (Lipinski definition) is 2. The minimum Gasteiger partial charge on any atom is -0.352 e. The van der Waals surface area contributed by atoms with Crippen LogP contribution in [0.5, 0.6) is 0 Å². The molecule has 0 aliphatic carbocycles. The number of carbonyl (C=O) groups excluding carboxylic acids is 2. The van der Waals surface area contributed by atoms with Crippen molar-refractivity contribution < 1.29 is 14.0 Å². The van der Waals surface area contributed by atoms with Crippen LogP contribution >= 0.6 is 11.3 Å². The van der Waals surface area contributed by atoms with Crippen molar-refractivity contribution in [1.82, 2.24) is 20.4 Å². The fourth-order valence-corrected chi connectivity index (χ4v) is 4.63. The number of carbonyl (C=O) groups is 2. The molecule has 0 radical (unpaired) electrons. The van der Waals surface area contributed by atoms with E-state index in [0.29, 0.717) is 31.5 Å². The summed E-state index contributed by atoms with van der Waals surface area (Å²) in [6.45, 7) is 0.346. The van der Waals surface area contributed by atoms with Crippen LogP contribution in [0.15, 0.2) is 54.2 Å². The Balaban J connectivity index is 1.31. The number of rotatable bonds is 8. The number of halogens is 1. The lowest BCUT2D eigenvalue weighted by Gasteiger charge is -2.28. The van der Waals surface area contributed by atoms with Gasteiger partial charge in [-0.25, -0.2) is 9.07 Å². The van der Waals surface area contributed by atoms with E-state index in [1.807, 2.05) is 11.4 Å². The Labute approximate surface area is 178 Å². The maximum Gasteiger partial charge on any atom is 0.220 e. The molecule has 2 aromatic heterocycles. The Morgan fingerprint density at radius 1 is 1.33 bits per heavy atom. The molecule has 8 heteroatoms. The molecule has 0 unspecified atom stereocenters. The SMILES string of the molecule is O=C(CC[C@]1(Cc2cccs2)CCC(=O)N1)NCc1cnn(-c2cccc(F)c2)c1. The van der Waals surface area contributed by atoms with Crippen LogP contribution in [0.4, 0.5) is 4.39 Å². The first-order valence-electron chi connectivity index (χ1n) is 9.91. The van der Waals surface area contributed by atoms with E-state index in [9.17, 15) is 14.0 Å². The maximum absolute atomic E-state index is 13.4. The topological polar surface area (TPSA) is 76.0 Å². The first kappa shape index (κ1) is 20.3. The zero-order chi connectivity index (χ0) is 21.0. The van der Waals surface area contributed by atoms with Crippen molar-refractivity contribution in [3.05, 3.63) is 70.4 Å². The van der Waals surface area contributed by atoms with E-state index in [1.54, 1.807) is 40.5 Å². The number of hydrogen-bond acceptors (Lipinski definition) is 4. The number of amides is 2. The van der Waals surface area contributed by atoms with Crippen molar-refractivity contribution in [2.75, 3.05) is 0 Å². The van der Waals surface area contributed by atoms with Gasteiger partial charge in [0.05, 0.1) is 11.9 Å². The van der Waals surface area contributed by atoms with Crippen LogP contribution in [0.2, 0.25) is 0 Å². The van der Waals surface area contributed by atoms with E-state index in [-0.39, 0.29) is 23.2 Å². The van der Waals surface area contributed by atoms with Gasteiger partial charge >= 0.3 is 0 Å². The molecule has 3 aromatic rings. The van der Waals surface area contributed by atoms with Crippen LogP contribution in [-0.2, 0) is 22.6 Å². The Hall–Kier alpha value is -3.00. The molecule has 0 spiro atoms. The molecule has 1 saturated heterocycles. The number of nitrogens with zero attached hydrogens (tertiary/aromatic N) is 2. The van der Waals surface area contributed by atoms with Gasteiger partial charge in [0.25, 0.3) is 0 Å². The highest BCUT2D eigenvalue weighted by Crippen LogP contribution is 2.30. The molecule has 1 aliphatic heterocycles. The molecule has 2 N–H and O–H groups in total. The van der Waals surface area contributed by atoms with Crippen LogP contribution in [0, 0.1) is 5.82 Å². The first-order valence-corrected chi connectivity index (χ1v) is 10.8. The predicted molar refractivity (Wildman–Crippen MR) is 113 cm³/mol. The Kier molecular flexibility index (Phi) is 5.94. The van der Waals surface area contributed by atoms with Crippen LogP contribution in [-0.4, -0.2) is 27.1 Å². The molecule has 4 rings (SSSR count). The average molecular weight is 427 g/mol. The standard InChI is InChI=1S/C22H23FN4O2S/c23-17-3-1-4-18(11-17)27-15-16(14-25-27)13-24-20(28)6-8-22(9-7-21(29)26-22)12-19-5-2-10-30-19/h1-5,10-11,14-15H,6-9,12-13H2,(H,24,28)(H,26,29)/t22-/m1/s1. The number of benzene rings is 1. The third-order valence-electron chi connectivity index (χ3n) is 5.36. The smallest absolute Gasteiger partial charge is 0.220 e. The van der Waals surface area contributed by atoms with Crippen LogP contribution in [0.3, 0.4) is 0 Å². The van der Waals surface area contributed by atoms with E-state index < -0.39 is 0 Å². The number of nitrogens with one attached hydrogen (secondary N) is 2. The molecule has 6 nitrogen and oxygen atoms in total. The molecule has 1 atom stereocenters. The summed E-state index contributed by atoms with van der Waals surface area (Å²) in [4.78, 5) is 25.5. The molecule has 2 amide bonds. The summed E-state index contributed by atoms with van der Waals surface area (Å²) < 4.78 is 15.0. The second-order valence-electron chi connectivity index (χ2n) is 7.63. The van der Waals surface area contributed by atoms with Gasteiger partial charge in [0.1, 0.15) is 5.82 Å². The highest BCUT2D eigenvalue weighted by atomic mass is 32.1. The van der Waals surface area contributed by atoms with Crippen LogP contribution in [0.25, 0.3) is 5.69 Å². The van der Waals surface area contributed by atoms with Crippen molar-refractivity contribution in [2.24, 2.45) is 0 Å². The molecule has 1 aliphatic rings. The second kappa shape index (κ2) is 8.79. The van der Waals surface area contributed by atoms with Crippen molar-refractivity contribution in [3.63, 3.8) is 0 Å². The van der Waals surface area contributed by atoms with E-state index >= 15 is 0 Å². The minimum absolute atomic E-state index is 0.0525. The van der Waals surface area contributed by atoms with Gasteiger partial charge in [-0.1, -0.05) is 12.1 Å². The van der Waals surface area contributed by atoms with Gasteiger partial charge in [0.15, 0.2) is 0 Å². The zero-order valence-corrected chi connectivity index (χ0v) is 17.3. The number of thiophene rings is 1. The van der Waals surface area contributed by atoms with Gasteiger partial charge < -0.3 is 10.6 Å². The second-order valence-corrected chi connectivity index (χ2v) is 8.67. The van der Waals surface area contributed by atoms with E-state index in [1.165, 1.54) is 17.0 Å². The Morgan fingerprint density at radius 2 is 2.23 bits per heavy atom. The lowest BCUT2D eigenvalue weighted by atomic mass is 9.87. The van der Waals surface area contributed by atoms with Gasteiger partial charge in [-0.15, -0.1) is 11.3 Å². The monoisotopic (exact) mass is 426 g/mol. The fourth-order valence-electron chi connectivity index (χ4n) is 3.78. The Morgan fingerprint density at radius 3 is 2.97 bits per heavy atom. The largest absolute Gasteiger partial charge is 0.352 e. The molecule has 1 fully saturated rings. The van der Waals surface area contributed by atoms with E-state index in [2.05, 4.69) is 21.8 Å². The van der Waals surface area contributed by atoms with Crippen LogP contribution in [0.1, 0.15) is 36.1 Å². The minimum atomic E-state index is -0.346. The summed E-state index contributed by atoms with van der Waals surface area (Å²) in [5.74, 6) is -0.342. The third-order valence-corrected chi connectivity index (χ3v) is 6.23. The quantitative estimate of drug-likeness (QED) is 0.580. The van der Waals surface area contributed by atoms with Crippen molar-refractivity contribution in [3.8, 4) is 5.69 Å². The molecule has 0 saturated carbocycles. The van der Waals surface area contributed by atoms with Gasteiger partial charge in [-0.05, 0) is 42.5 Å². The summed E-state index contributed by atoms with van der Waals surface area (Å²) in [7, 11) is 0. The average Bonchev–Trinajstić information content (AvgIpc) is 3.47. The molecular formula is C22H23FN4O2S. The van der Waals surface area contributed by atoms with Crippen molar-refractivity contribution >= 4 is 23.2 Å². The number of aromatic nitrogens is 2. The molecule has 30 heavy (non-hydrogen) atoms. The van der Waals surface area contributed by atoms with E-state index in [4.69, 9.17) is 0 Å². The lowest BCUT2D eigenvalue weighted by molar-refractivity contribution is -0.122. The van der Waals surface area contributed by atoms with Gasteiger partial charge in [-0.3, -0.25) is 9.59 Å². The summed E-state index contributed by atoms with van der Waals surface area (Å²) in [6.07, 6.45) is 6.37. The fraction of sp³-hybridized carbons (Fsp3) is 0.318. The summed E-state index contributed by atoms with van der Waals surface area (Å²) in [5.41, 5.74) is 1.11. The molecule has 0 bridgehead atoms. The van der Waals surface area contributed by atoms with E-state index in [0.717, 1.165) is 18.4 Å². The zero-order valence-electron chi connectivity index (χ0n) is 16.4. The first-order chi connectivity index (χ1) is 14.5. The molecule has 1 aromatic carbocycles. The lowest BCUT2D eigenvalue weighted by Crippen LogP contribution is -2.44. The van der Waals surface area contributed by atoms with Gasteiger partial charge in [0.2, 0.25) is 11.8 Å². The third kappa shape index (κ3) is 4.94. The molecule has 156 valence electrons.